The standard InChI is InChI=1S/C17H19NO/c1-4-14-6-5-7-16(11-14)18-17(19)15-9-8-12(2)13(3)10-15/h5-11H,4H2,1-3H3,(H,18,19). The van der Waals surface area contributed by atoms with Gasteiger partial charge in [0.15, 0.2) is 0 Å². The summed E-state index contributed by atoms with van der Waals surface area (Å²) in [6, 6.07) is 13.7. The first kappa shape index (κ1) is 13.3. The Balaban J connectivity index is 2.18. The lowest BCUT2D eigenvalue weighted by Crippen LogP contribution is -2.12. The molecule has 0 aliphatic carbocycles. The summed E-state index contributed by atoms with van der Waals surface area (Å²) in [6.45, 7) is 6.16. The molecule has 1 N–H and O–H groups in total. The molecule has 2 nitrogen and oxygen atoms in total. The molecule has 0 radical (unpaired) electrons. The maximum absolute atomic E-state index is 12.2. The third-order valence-electron chi connectivity index (χ3n) is 3.36. The van der Waals surface area contributed by atoms with E-state index in [4.69, 9.17) is 0 Å². The molecule has 0 aromatic heterocycles. The van der Waals surface area contributed by atoms with Crippen molar-refractivity contribution in [3.05, 3.63) is 64.7 Å². The Bertz CT molecular complexity index is 602. The van der Waals surface area contributed by atoms with E-state index in [2.05, 4.69) is 18.3 Å². The quantitative estimate of drug-likeness (QED) is 0.876. The predicted octanol–water partition coefficient (Wildman–Crippen LogP) is 4.12. The van der Waals surface area contributed by atoms with Crippen LogP contribution in [0.5, 0.6) is 0 Å². The summed E-state index contributed by atoms with van der Waals surface area (Å²) in [4.78, 5) is 12.2. The zero-order chi connectivity index (χ0) is 13.8. The molecule has 2 rings (SSSR count). The molecule has 2 heteroatoms. The van der Waals surface area contributed by atoms with Gasteiger partial charge in [0.05, 0.1) is 0 Å². The van der Waals surface area contributed by atoms with E-state index in [-0.39, 0.29) is 5.91 Å². The van der Waals surface area contributed by atoms with Crippen molar-refractivity contribution in [3.8, 4) is 0 Å². The molecule has 0 fully saturated rings. The highest BCUT2D eigenvalue weighted by Gasteiger charge is 2.07. The van der Waals surface area contributed by atoms with Gasteiger partial charge in [-0.05, 0) is 61.2 Å². The minimum atomic E-state index is -0.0589. The first-order valence-corrected chi connectivity index (χ1v) is 6.57. The fraction of sp³-hybridized carbons (Fsp3) is 0.235. The van der Waals surface area contributed by atoms with Crippen molar-refractivity contribution in [1.82, 2.24) is 0 Å². The molecule has 0 heterocycles. The van der Waals surface area contributed by atoms with Crippen LogP contribution in [0.2, 0.25) is 0 Å². The van der Waals surface area contributed by atoms with E-state index in [1.165, 1.54) is 11.1 Å². The van der Waals surface area contributed by atoms with Crippen LogP contribution < -0.4 is 5.32 Å². The average molecular weight is 253 g/mol. The van der Waals surface area contributed by atoms with Crippen LogP contribution in [0.25, 0.3) is 0 Å². The molecule has 2 aromatic rings. The molecule has 0 bridgehead atoms. The van der Waals surface area contributed by atoms with Crippen molar-refractivity contribution in [2.45, 2.75) is 27.2 Å². The van der Waals surface area contributed by atoms with Crippen LogP contribution in [0.15, 0.2) is 42.5 Å². The van der Waals surface area contributed by atoms with Gasteiger partial charge in [0.25, 0.3) is 5.91 Å². The fourth-order valence-corrected chi connectivity index (χ4v) is 1.95. The molecule has 19 heavy (non-hydrogen) atoms. The number of nitrogens with one attached hydrogen (secondary N) is 1. The van der Waals surface area contributed by atoms with Crippen LogP contribution in [0.1, 0.15) is 34.0 Å². The first-order chi connectivity index (χ1) is 9.10. The zero-order valence-electron chi connectivity index (χ0n) is 11.7. The summed E-state index contributed by atoms with van der Waals surface area (Å²) < 4.78 is 0. The van der Waals surface area contributed by atoms with Gasteiger partial charge in [-0.15, -0.1) is 0 Å². The number of aryl methyl sites for hydroxylation is 3. The third-order valence-corrected chi connectivity index (χ3v) is 3.36. The Labute approximate surface area is 114 Å². The average Bonchev–Trinajstić information content (AvgIpc) is 2.42. The minimum Gasteiger partial charge on any atom is -0.322 e. The second-order valence-corrected chi connectivity index (χ2v) is 4.81. The van der Waals surface area contributed by atoms with Gasteiger partial charge in [-0.2, -0.15) is 0 Å². The van der Waals surface area contributed by atoms with Crippen LogP contribution in [0, 0.1) is 13.8 Å². The number of amides is 1. The molecule has 0 saturated heterocycles. The van der Waals surface area contributed by atoms with Crippen LogP contribution in [0.3, 0.4) is 0 Å². The smallest absolute Gasteiger partial charge is 0.255 e. The van der Waals surface area contributed by atoms with E-state index in [0.29, 0.717) is 5.56 Å². The normalized spacial score (nSPS) is 10.3. The van der Waals surface area contributed by atoms with Crippen molar-refractivity contribution < 1.29 is 4.79 Å². The van der Waals surface area contributed by atoms with Gasteiger partial charge >= 0.3 is 0 Å². The molecule has 0 aliphatic heterocycles. The van der Waals surface area contributed by atoms with Crippen molar-refractivity contribution in [1.29, 1.82) is 0 Å². The predicted molar refractivity (Wildman–Crippen MR) is 79.7 cm³/mol. The highest BCUT2D eigenvalue weighted by molar-refractivity contribution is 6.04. The number of carbonyl (C=O) groups is 1. The molecule has 98 valence electrons. The SMILES string of the molecule is CCc1cccc(NC(=O)c2ccc(C)c(C)c2)c1. The summed E-state index contributed by atoms with van der Waals surface area (Å²) in [5.74, 6) is -0.0589. The Morgan fingerprint density at radius 2 is 1.84 bits per heavy atom. The number of rotatable bonds is 3. The third kappa shape index (κ3) is 3.22. The van der Waals surface area contributed by atoms with Gasteiger partial charge in [-0.3, -0.25) is 4.79 Å². The van der Waals surface area contributed by atoms with Crippen LogP contribution in [-0.2, 0) is 6.42 Å². The number of hydrogen-bond donors (Lipinski definition) is 1. The summed E-state index contributed by atoms with van der Waals surface area (Å²) in [7, 11) is 0. The molecule has 0 spiro atoms. The van der Waals surface area contributed by atoms with Gasteiger partial charge in [0.1, 0.15) is 0 Å². The van der Waals surface area contributed by atoms with Crippen molar-refractivity contribution >= 4 is 11.6 Å². The lowest BCUT2D eigenvalue weighted by molar-refractivity contribution is 0.102. The van der Waals surface area contributed by atoms with E-state index in [1.807, 2.05) is 50.2 Å². The van der Waals surface area contributed by atoms with Crippen molar-refractivity contribution in [2.24, 2.45) is 0 Å². The Morgan fingerprint density at radius 3 is 2.53 bits per heavy atom. The summed E-state index contributed by atoms with van der Waals surface area (Å²) in [5, 5.41) is 2.94. The van der Waals surface area contributed by atoms with E-state index in [1.54, 1.807) is 0 Å². The Kier molecular flexibility index (Phi) is 4.00. The van der Waals surface area contributed by atoms with Crippen LogP contribution in [-0.4, -0.2) is 5.91 Å². The molecular weight excluding hydrogens is 234 g/mol. The van der Waals surface area contributed by atoms with Crippen LogP contribution >= 0.6 is 0 Å². The first-order valence-electron chi connectivity index (χ1n) is 6.57. The molecule has 0 unspecified atom stereocenters. The van der Waals surface area contributed by atoms with Crippen LogP contribution in [0.4, 0.5) is 5.69 Å². The highest BCUT2D eigenvalue weighted by atomic mass is 16.1. The maximum Gasteiger partial charge on any atom is 0.255 e. The number of carbonyl (C=O) groups excluding carboxylic acids is 1. The summed E-state index contributed by atoms with van der Waals surface area (Å²) in [6.07, 6.45) is 0.966. The largest absolute Gasteiger partial charge is 0.322 e. The summed E-state index contributed by atoms with van der Waals surface area (Å²) >= 11 is 0. The fourth-order valence-electron chi connectivity index (χ4n) is 1.95. The molecule has 0 saturated carbocycles. The lowest BCUT2D eigenvalue weighted by atomic mass is 10.1. The molecule has 2 aromatic carbocycles. The number of hydrogen-bond acceptors (Lipinski definition) is 1. The van der Waals surface area contributed by atoms with Gasteiger partial charge in [0, 0.05) is 11.3 Å². The van der Waals surface area contributed by atoms with E-state index < -0.39 is 0 Å². The van der Waals surface area contributed by atoms with Gasteiger partial charge in [-0.25, -0.2) is 0 Å². The second kappa shape index (κ2) is 5.70. The van der Waals surface area contributed by atoms with Gasteiger partial charge in [0.2, 0.25) is 0 Å². The lowest BCUT2D eigenvalue weighted by Gasteiger charge is -2.08. The van der Waals surface area contributed by atoms with E-state index >= 15 is 0 Å². The van der Waals surface area contributed by atoms with Crippen molar-refractivity contribution in [3.63, 3.8) is 0 Å². The monoisotopic (exact) mass is 253 g/mol. The molecule has 0 aliphatic rings. The number of benzene rings is 2. The van der Waals surface area contributed by atoms with Gasteiger partial charge in [-0.1, -0.05) is 25.1 Å². The summed E-state index contributed by atoms with van der Waals surface area (Å²) in [5.41, 5.74) is 5.10. The highest BCUT2D eigenvalue weighted by Crippen LogP contribution is 2.14. The minimum absolute atomic E-state index is 0.0589. The zero-order valence-corrected chi connectivity index (χ0v) is 11.7. The second-order valence-electron chi connectivity index (χ2n) is 4.81. The maximum atomic E-state index is 12.2. The molecule has 0 atom stereocenters. The Morgan fingerprint density at radius 1 is 1.05 bits per heavy atom. The number of anilines is 1. The van der Waals surface area contributed by atoms with Crippen molar-refractivity contribution in [2.75, 3.05) is 5.32 Å². The molecule has 1 amide bonds. The van der Waals surface area contributed by atoms with E-state index in [0.717, 1.165) is 17.7 Å². The molecular formula is C17H19NO. The topological polar surface area (TPSA) is 29.1 Å². The van der Waals surface area contributed by atoms with Gasteiger partial charge < -0.3 is 5.32 Å². The Hall–Kier alpha value is -2.09. The van der Waals surface area contributed by atoms with E-state index in [9.17, 15) is 4.79 Å².